The van der Waals surface area contributed by atoms with Crippen molar-refractivity contribution in [3.63, 3.8) is 0 Å². The van der Waals surface area contributed by atoms with Crippen LogP contribution in [0.25, 0.3) is 5.57 Å². The van der Waals surface area contributed by atoms with E-state index in [4.69, 9.17) is 0 Å². The zero-order valence-electron chi connectivity index (χ0n) is 13.0. The molecular weight excluding hydrogens is 292 g/mol. The number of rotatable bonds is 4. The van der Waals surface area contributed by atoms with Crippen molar-refractivity contribution < 1.29 is 12.4 Å². The van der Waals surface area contributed by atoms with Gasteiger partial charge in [0.15, 0.2) is 0 Å². The summed E-state index contributed by atoms with van der Waals surface area (Å²) >= 11 is 0. The molecule has 2 heterocycles. The Bertz CT molecular complexity index is 599. The Balaban J connectivity index is 0.00000176. The van der Waals surface area contributed by atoms with E-state index in [1.165, 1.54) is 42.6 Å². The molecule has 0 bridgehead atoms. The number of pyridine rings is 1. The highest BCUT2D eigenvalue weighted by Crippen LogP contribution is 2.22. The van der Waals surface area contributed by atoms with Crippen LogP contribution in [0.3, 0.4) is 0 Å². The minimum atomic E-state index is 0. The van der Waals surface area contributed by atoms with Crippen molar-refractivity contribution >= 4 is 5.57 Å². The minimum absolute atomic E-state index is 0. The standard InChI is InChI=1S/C19H22N2.ClH/c1-16-7-9-17(10-8-16)18(19-6-2-3-12-20-19)11-15-21-13-4-5-14-21;/h2-3,6-12H,4-5,13-15H2,1H3;1H/p-1. The average Bonchev–Trinajstić information content (AvgIpc) is 3.04. The van der Waals surface area contributed by atoms with Crippen LogP contribution in [0, 0.1) is 6.92 Å². The predicted octanol–water partition coefficient (Wildman–Crippen LogP) is 0.922. The monoisotopic (exact) mass is 313 g/mol. The molecule has 0 N–H and O–H groups in total. The lowest BCUT2D eigenvalue weighted by atomic mass is 10.0. The third-order valence-electron chi connectivity index (χ3n) is 4.06. The van der Waals surface area contributed by atoms with Gasteiger partial charge in [0, 0.05) is 18.3 Å². The van der Waals surface area contributed by atoms with Crippen molar-refractivity contribution in [3.8, 4) is 0 Å². The lowest BCUT2D eigenvalue weighted by Crippen LogP contribution is -3.00. The summed E-state index contributed by atoms with van der Waals surface area (Å²) in [4.78, 5) is 7.05. The first-order valence-electron chi connectivity index (χ1n) is 7.74. The number of benzene rings is 1. The van der Waals surface area contributed by atoms with Crippen LogP contribution in [0.4, 0.5) is 0 Å². The van der Waals surface area contributed by atoms with Gasteiger partial charge < -0.3 is 12.4 Å². The van der Waals surface area contributed by atoms with E-state index in [-0.39, 0.29) is 12.4 Å². The van der Waals surface area contributed by atoms with Gasteiger partial charge in [0.2, 0.25) is 0 Å². The summed E-state index contributed by atoms with van der Waals surface area (Å²) < 4.78 is 0. The minimum Gasteiger partial charge on any atom is -1.00 e. The van der Waals surface area contributed by atoms with Crippen molar-refractivity contribution in [2.75, 3.05) is 19.6 Å². The molecule has 3 heteroatoms. The third-order valence-corrected chi connectivity index (χ3v) is 4.06. The van der Waals surface area contributed by atoms with Gasteiger partial charge in [-0.15, -0.1) is 0 Å². The van der Waals surface area contributed by atoms with E-state index < -0.39 is 0 Å². The Kier molecular flexibility index (Phi) is 6.17. The number of nitrogens with zero attached hydrogens (tertiary/aromatic N) is 2. The Labute approximate surface area is 139 Å². The smallest absolute Gasteiger partial charge is 0.0705 e. The number of aromatic nitrogens is 1. The average molecular weight is 314 g/mol. The number of likely N-dealkylation sites (tertiary alicyclic amines) is 1. The molecule has 1 fully saturated rings. The number of halogens is 1. The fourth-order valence-electron chi connectivity index (χ4n) is 2.81. The molecule has 0 amide bonds. The fraction of sp³-hybridized carbons (Fsp3) is 0.316. The molecule has 2 aromatic rings. The number of hydrogen-bond acceptors (Lipinski definition) is 2. The second kappa shape index (κ2) is 8.11. The Hall–Kier alpha value is -1.64. The lowest BCUT2D eigenvalue weighted by Gasteiger charge is -2.14. The van der Waals surface area contributed by atoms with Gasteiger partial charge in [0.05, 0.1) is 5.69 Å². The zero-order chi connectivity index (χ0) is 14.5. The van der Waals surface area contributed by atoms with Crippen molar-refractivity contribution in [2.45, 2.75) is 19.8 Å². The van der Waals surface area contributed by atoms with E-state index in [1.54, 1.807) is 0 Å². The fourth-order valence-corrected chi connectivity index (χ4v) is 2.81. The van der Waals surface area contributed by atoms with Crippen molar-refractivity contribution in [1.82, 2.24) is 9.88 Å². The molecule has 1 saturated heterocycles. The van der Waals surface area contributed by atoms with Gasteiger partial charge in [-0.25, -0.2) is 0 Å². The molecule has 0 saturated carbocycles. The van der Waals surface area contributed by atoms with Crippen LogP contribution >= 0.6 is 0 Å². The van der Waals surface area contributed by atoms with E-state index in [0.29, 0.717) is 0 Å². The molecule has 3 rings (SSSR count). The summed E-state index contributed by atoms with van der Waals surface area (Å²) in [6.07, 6.45) is 6.86. The van der Waals surface area contributed by atoms with Gasteiger partial charge in [-0.2, -0.15) is 0 Å². The quantitative estimate of drug-likeness (QED) is 0.834. The highest BCUT2D eigenvalue weighted by atomic mass is 35.5. The molecule has 1 aliphatic rings. The van der Waals surface area contributed by atoms with Crippen molar-refractivity contribution in [1.29, 1.82) is 0 Å². The van der Waals surface area contributed by atoms with E-state index in [1.807, 2.05) is 12.3 Å². The van der Waals surface area contributed by atoms with E-state index in [2.05, 4.69) is 59.3 Å². The van der Waals surface area contributed by atoms with Gasteiger partial charge in [-0.3, -0.25) is 9.88 Å². The van der Waals surface area contributed by atoms with Crippen molar-refractivity contribution in [2.24, 2.45) is 0 Å². The summed E-state index contributed by atoms with van der Waals surface area (Å²) in [6, 6.07) is 14.8. The molecule has 1 aliphatic heterocycles. The second-order valence-corrected chi connectivity index (χ2v) is 5.71. The van der Waals surface area contributed by atoms with Crippen LogP contribution in [0.2, 0.25) is 0 Å². The first kappa shape index (κ1) is 16.7. The van der Waals surface area contributed by atoms with Gasteiger partial charge in [0.25, 0.3) is 0 Å². The largest absolute Gasteiger partial charge is 1.00 e. The molecular formula is C19H22ClN2-. The number of aryl methyl sites for hydroxylation is 1. The van der Waals surface area contributed by atoms with Gasteiger partial charge in [-0.1, -0.05) is 42.0 Å². The maximum atomic E-state index is 4.54. The highest BCUT2D eigenvalue weighted by Gasteiger charge is 2.11. The third kappa shape index (κ3) is 4.19. The Morgan fingerprint density at radius 3 is 2.45 bits per heavy atom. The molecule has 0 radical (unpaired) electrons. The zero-order valence-corrected chi connectivity index (χ0v) is 13.8. The van der Waals surface area contributed by atoms with Crippen LogP contribution in [-0.2, 0) is 0 Å². The molecule has 0 atom stereocenters. The number of hydrogen-bond donors (Lipinski definition) is 0. The summed E-state index contributed by atoms with van der Waals surface area (Å²) in [7, 11) is 0. The van der Waals surface area contributed by atoms with Crippen LogP contribution in [0.5, 0.6) is 0 Å². The van der Waals surface area contributed by atoms with Gasteiger partial charge in [0.1, 0.15) is 0 Å². The Morgan fingerprint density at radius 2 is 1.82 bits per heavy atom. The lowest BCUT2D eigenvalue weighted by molar-refractivity contribution is -0.00000433. The predicted molar refractivity (Wildman–Crippen MR) is 88.2 cm³/mol. The summed E-state index contributed by atoms with van der Waals surface area (Å²) in [5.41, 5.74) is 4.83. The van der Waals surface area contributed by atoms with Crippen LogP contribution in [0.15, 0.2) is 54.7 Å². The van der Waals surface area contributed by atoms with E-state index in [0.717, 1.165) is 12.2 Å². The molecule has 1 aromatic carbocycles. The molecule has 0 aliphatic carbocycles. The Morgan fingerprint density at radius 1 is 1.09 bits per heavy atom. The van der Waals surface area contributed by atoms with E-state index >= 15 is 0 Å². The summed E-state index contributed by atoms with van der Waals surface area (Å²) in [5, 5.41) is 0. The second-order valence-electron chi connectivity index (χ2n) is 5.71. The molecule has 0 unspecified atom stereocenters. The SMILES string of the molecule is Cc1ccc(C(=CCN2CCCC2)c2ccccn2)cc1.[Cl-]. The molecule has 0 spiro atoms. The van der Waals surface area contributed by atoms with Crippen molar-refractivity contribution in [3.05, 3.63) is 71.6 Å². The normalized spacial score (nSPS) is 15.6. The first-order chi connectivity index (χ1) is 10.3. The first-order valence-corrected chi connectivity index (χ1v) is 7.74. The molecule has 116 valence electrons. The molecule has 2 nitrogen and oxygen atoms in total. The molecule has 1 aromatic heterocycles. The maximum absolute atomic E-state index is 4.54. The van der Waals surface area contributed by atoms with Gasteiger partial charge in [-0.05, 0) is 50.6 Å². The topological polar surface area (TPSA) is 16.1 Å². The maximum Gasteiger partial charge on any atom is 0.0705 e. The summed E-state index contributed by atoms with van der Waals surface area (Å²) in [6.45, 7) is 5.58. The van der Waals surface area contributed by atoms with Gasteiger partial charge >= 0.3 is 0 Å². The van der Waals surface area contributed by atoms with Crippen LogP contribution < -0.4 is 12.4 Å². The molecule has 22 heavy (non-hydrogen) atoms. The summed E-state index contributed by atoms with van der Waals surface area (Å²) in [5.74, 6) is 0. The van der Waals surface area contributed by atoms with Crippen LogP contribution in [0.1, 0.15) is 29.7 Å². The van der Waals surface area contributed by atoms with E-state index in [9.17, 15) is 0 Å². The van der Waals surface area contributed by atoms with Crippen LogP contribution in [-0.4, -0.2) is 29.5 Å². The highest BCUT2D eigenvalue weighted by molar-refractivity contribution is 5.78.